The third-order valence-electron chi connectivity index (χ3n) is 2.62. The molecule has 0 saturated carbocycles. The highest BCUT2D eigenvalue weighted by Gasteiger charge is 2.18. The van der Waals surface area contributed by atoms with Crippen molar-refractivity contribution < 1.29 is 8.42 Å². The average molecular weight is 326 g/mol. The lowest BCUT2D eigenvalue weighted by Crippen LogP contribution is -2.24. The van der Waals surface area contributed by atoms with Crippen LogP contribution in [0.15, 0.2) is 34.8 Å². The van der Waals surface area contributed by atoms with E-state index in [4.69, 9.17) is 0 Å². The summed E-state index contributed by atoms with van der Waals surface area (Å²) in [6.07, 6.45) is 3.78. The van der Waals surface area contributed by atoms with Crippen LogP contribution < -0.4 is 10.0 Å². The molecule has 114 valence electrons. The van der Waals surface area contributed by atoms with E-state index in [9.17, 15) is 8.42 Å². The average Bonchev–Trinajstić information content (AvgIpc) is 2.88. The van der Waals surface area contributed by atoms with Gasteiger partial charge in [0.1, 0.15) is 4.21 Å². The van der Waals surface area contributed by atoms with Crippen LogP contribution in [0, 0.1) is 0 Å². The van der Waals surface area contributed by atoms with Crippen molar-refractivity contribution in [3.63, 3.8) is 0 Å². The summed E-state index contributed by atoms with van der Waals surface area (Å²) in [4.78, 5) is 8.74. The Morgan fingerprint density at radius 3 is 2.62 bits per heavy atom. The third-order valence-corrected chi connectivity index (χ3v) is 5.58. The number of thiophene rings is 1. The Balaban J connectivity index is 2.02. The lowest BCUT2D eigenvalue weighted by molar-refractivity contribution is 0.592. The molecule has 0 atom stereocenters. The van der Waals surface area contributed by atoms with E-state index in [2.05, 4.69) is 33.9 Å². The molecule has 0 fully saturated rings. The maximum atomic E-state index is 12.2. The van der Waals surface area contributed by atoms with Gasteiger partial charge in [-0.3, -0.25) is 0 Å². The highest BCUT2D eigenvalue weighted by Crippen LogP contribution is 2.23. The van der Waals surface area contributed by atoms with Crippen LogP contribution in [-0.4, -0.2) is 31.0 Å². The fraction of sp³-hybridized carbons (Fsp3) is 0.385. The van der Waals surface area contributed by atoms with Crippen molar-refractivity contribution in [1.82, 2.24) is 15.3 Å². The van der Waals surface area contributed by atoms with Crippen LogP contribution in [-0.2, 0) is 16.4 Å². The molecule has 0 aromatic carbocycles. The first-order chi connectivity index (χ1) is 9.97. The minimum atomic E-state index is -3.61. The molecule has 0 saturated heterocycles. The quantitative estimate of drug-likeness (QED) is 0.811. The zero-order valence-electron chi connectivity index (χ0n) is 11.9. The van der Waals surface area contributed by atoms with E-state index in [1.807, 2.05) is 6.07 Å². The predicted octanol–water partition coefficient (Wildman–Crippen LogP) is 1.88. The van der Waals surface area contributed by atoms with Gasteiger partial charge in [-0.2, -0.15) is 0 Å². The molecule has 0 amide bonds. The van der Waals surface area contributed by atoms with Crippen LogP contribution in [0.25, 0.3) is 0 Å². The van der Waals surface area contributed by atoms with Gasteiger partial charge in [0.2, 0.25) is 5.95 Å². The molecule has 0 radical (unpaired) electrons. The summed E-state index contributed by atoms with van der Waals surface area (Å²) in [5.74, 6) is 0.0777. The second-order valence-electron chi connectivity index (χ2n) is 4.76. The summed E-state index contributed by atoms with van der Waals surface area (Å²) >= 11 is 1.26. The molecule has 6 nitrogen and oxygen atoms in total. The molecule has 0 bridgehead atoms. The number of aromatic nitrogens is 2. The Bertz CT molecular complexity index is 668. The fourth-order valence-corrected chi connectivity index (χ4v) is 3.96. The molecule has 21 heavy (non-hydrogen) atoms. The summed E-state index contributed by atoms with van der Waals surface area (Å²) in [7, 11) is -3.61. The lowest BCUT2D eigenvalue weighted by atomic mass is 10.3. The number of hydrogen-bond acceptors (Lipinski definition) is 6. The Morgan fingerprint density at radius 2 is 1.95 bits per heavy atom. The number of rotatable bonds is 7. The van der Waals surface area contributed by atoms with E-state index >= 15 is 0 Å². The molecule has 2 aromatic rings. The van der Waals surface area contributed by atoms with Gasteiger partial charge in [-0.25, -0.2) is 23.1 Å². The topological polar surface area (TPSA) is 84.0 Å². The molecule has 0 unspecified atom stereocenters. The van der Waals surface area contributed by atoms with Crippen LogP contribution in [0.4, 0.5) is 5.95 Å². The molecule has 0 aliphatic rings. The third kappa shape index (κ3) is 4.76. The molecule has 0 spiro atoms. The van der Waals surface area contributed by atoms with Gasteiger partial charge in [-0.15, -0.1) is 11.3 Å². The van der Waals surface area contributed by atoms with E-state index < -0.39 is 10.0 Å². The van der Waals surface area contributed by atoms with Crippen LogP contribution >= 0.6 is 11.3 Å². The highest BCUT2D eigenvalue weighted by molar-refractivity contribution is 7.94. The minimum Gasteiger partial charge on any atom is -0.314 e. The maximum Gasteiger partial charge on any atom is 0.273 e. The van der Waals surface area contributed by atoms with Gasteiger partial charge in [0.25, 0.3) is 10.0 Å². The summed E-state index contributed by atoms with van der Waals surface area (Å²) < 4.78 is 27.0. The number of anilines is 1. The normalized spacial score (nSPS) is 11.8. The lowest BCUT2D eigenvalue weighted by Gasteiger charge is -2.06. The van der Waals surface area contributed by atoms with E-state index in [0.717, 1.165) is 17.8 Å². The van der Waals surface area contributed by atoms with E-state index in [1.165, 1.54) is 23.7 Å². The van der Waals surface area contributed by atoms with Gasteiger partial charge >= 0.3 is 0 Å². The number of hydrogen-bond donors (Lipinski definition) is 2. The van der Waals surface area contributed by atoms with Crippen LogP contribution in [0.5, 0.6) is 0 Å². The molecule has 8 heteroatoms. The Hall–Kier alpha value is -1.51. The van der Waals surface area contributed by atoms with Crippen molar-refractivity contribution in [2.45, 2.75) is 30.5 Å². The van der Waals surface area contributed by atoms with Gasteiger partial charge in [-0.1, -0.05) is 13.8 Å². The summed E-state index contributed by atoms with van der Waals surface area (Å²) in [6.45, 7) is 4.98. The maximum absolute atomic E-state index is 12.2. The first-order valence-corrected chi connectivity index (χ1v) is 8.89. The summed E-state index contributed by atoms with van der Waals surface area (Å²) in [6, 6.07) is 5.50. The standard InChI is InChI=1S/C13H18N4O2S2/c1-10(2)14-9-6-11-4-5-12(20-11)21(18,19)17-13-15-7-3-8-16-13/h3-5,7-8,10,14H,6,9H2,1-2H3,(H,15,16,17). The SMILES string of the molecule is CC(C)NCCc1ccc(S(=O)(=O)Nc2ncccn2)s1. The van der Waals surface area contributed by atoms with Crippen LogP contribution in [0.1, 0.15) is 18.7 Å². The minimum absolute atomic E-state index is 0.0777. The van der Waals surface area contributed by atoms with Crippen LogP contribution in [0.2, 0.25) is 0 Å². The zero-order chi connectivity index (χ0) is 15.3. The molecule has 0 aliphatic heterocycles. The summed E-state index contributed by atoms with van der Waals surface area (Å²) in [5.41, 5.74) is 0. The monoisotopic (exact) mass is 326 g/mol. The molecule has 2 aromatic heterocycles. The van der Waals surface area contributed by atoms with Gasteiger partial charge < -0.3 is 5.32 Å². The van der Waals surface area contributed by atoms with E-state index in [1.54, 1.807) is 12.1 Å². The van der Waals surface area contributed by atoms with Gasteiger partial charge in [0.15, 0.2) is 0 Å². The summed E-state index contributed by atoms with van der Waals surface area (Å²) in [5, 5.41) is 3.30. The molecular formula is C13H18N4O2S2. The molecule has 0 aliphatic carbocycles. The van der Waals surface area contributed by atoms with Crippen LogP contribution in [0.3, 0.4) is 0 Å². The fourth-order valence-electron chi connectivity index (χ4n) is 1.64. The van der Waals surface area contributed by atoms with Crippen molar-refractivity contribution in [2.24, 2.45) is 0 Å². The van der Waals surface area contributed by atoms with E-state index in [-0.39, 0.29) is 10.2 Å². The Morgan fingerprint density at radius 1 is 1.24 bits per heavy atom. The zero-order valence-corrected chi connectivity index (χ0v) is 13.5. The van der Waals surface area contributed by atoms with E-state index in [0.29, 0.717) is 6.04 Å². The highest BCUT2D eigenvalue weighted by atomic mass is 32.2. The predicted molar refractivity (Wildman–Crippen MR) is 84.0 cm³/mol. The number of nitrogens with one attached hydrogen (secondary N) is 2. The Labute approximate surface area is 128 Å². The second-order valence-corrected chi connectivity index (χ2v) is 7.84. The van der Waals surface area contributed by atoms with Gasteiger partial charge in [0, 0.05) is 29.9 Å². The van der Waals surface area contributed by atoms with Crippen molar-refractivity contribution in [2.75, 3.05) is 11.3 Å². The largest absolute Gasteiger partial charge is 0.314 e. The number of sulfonamides is 1. The first kappa shape index (κ1) is 15.9. The molecular weight excluding hydrogens is 308 g/mol. The molecule has 2 N–H and O–H groups in total. The molecule has 2 heterocycles. The van der Waals surface area contributed by atoms with Gasteiger partial charge in [0.05, 0.1) is 0 Å². The second kappa shape index (κ2) is 6.97. The molecule has 2 rings (SSSR count). The number of nitrogens with zero attached hydrogens (tertiary/aromatic N) is 2. The smallest absolute Gasteiger partial charge is 0.273 e. The van der Waals surface area contributed by atoms with Crippen molar-refractivity contribution in [3.8, 4) is 0 Å². The van der Waals surface area contributed by atoms with Crippen molar-refractivity contribution in [3.05, 3.63) is 35.5 Å². The van der Waals surface area contributed by atoms with Crippen molar-refractivity contribution in [1.29, 1.82) is 0 Å². The van der Waals surface area contributed by atoms with Crippen molar-refractivity contribution >= 4 is 27.3 Å². The van der Waals surface area contributed by atoms with Gasteiger partial charge in [-0.05, 0) is 24.6 Å². The first-order valence-electron chi connectivity index (χ1n) is 6.59. The Kier molecular flexibility index (Phi) is 5.27.